The fourth-order valence-electron chi connectivity index (χ4n) is 2.38. The first kappa shape index (κ1) is 12.8. The Morgan fingerprint density at radius 2 is 2.22 bits per heavy atom. The molecule has 96 valence electrons. The van der Waals surface area contributed by atoms with Crippen molar-refractivity contribution in [1.82, 2.24) is 9.88 Å². The predicted octanol–water partition coefficient (Wildman–Crippen LogP) is 0.657. The summed E-state index contributed by atoms with van der Waals surface area (Å²) in [5.41, 5.74) is 2.26. The number of aliphatic hydroxyl groups is 1. The largest absolute Gasteiger partial charge is 0.390 e. The average molecular weight is 246 g/mol. The first-order valence-corrected chi connectivity index (χ1v) is 6.02. The molecule has 0 saturated carbocycles. The van der Waals surface area contributed by atoms with Crippen molar-refractivity contribution in [1.29, 1.82) is 5.26 Å². The maximum Gasteiger partial charge on any atom is 0.126 e. The van der Waals surface area contributed by atoms with Crippen LogP contribution in [-0.2, 0) is 0 Å². The number of rotatable bonds is 2. The van der Waals surface area contributed by atoms with E-state index in [-0.39, 0.29) is 12.1 Å². The van der Waals surface area contributed by atoms with Gasteiger partial charge in [-0.2, -0.15) is 5.26 Å². The Balaban J connectivity index is 2.18. The van der Waals surface area contributed by atoms with Gasteiger partial charge in [-0.25, -0.2) is 4.98 Å². The van der Waals surface area contributed by atoms with Crippen molar-refractivity contribution in [3.8, 4) is 6.07 Å². The summed E-state index contributed by atoms with van der Waals surface area (Å²) in [7, 11) is 1.98. The van der Waals surface area contributed by atoms with Crippen LogP contribution in [0.2, 0.25) is 0 Å². The van der Waals surface area contributed by atoms with E-state index in [9.17, 15) is 5.11 Å². The van der Waals surface area contributed by atoms with Gasteiger partial charge in [0.05, 0.1) is 23.4 Å². The molecule has 2 N–H and O–H groups in total. The number of aliphatic hydroxyl groups excluding tert-OH is 1. The van der Waals surface area contributed by atoms with E-state index in [1.54, 1.807) is 0 Å². The number of aryl methyl sites for hydroxylation is 2. The van der Waals surface area contributed by atoms with Crippen molar-refractivity contribution >= 4 is 5.82 Å². The molecule has 0 aliphatic carbocycles. The third-order valence-electron chi connectivity index (χ3n) is 3.31. The SMILES string of the molecule is Cc1cc(N[C@@H]2CN(C)C[C@H]2O)nc(C)c1C#N. The molecule has 2 heterocycles. The Bertz CT molecular complexity index is 471. The lowest BCUT2D eigenvalue weighted by Crippen LogP contribution is -2.32. The Labute approximate surface area is 107 Å². The molecular formula is C13H18N4O. The van der Waals surface area contributed by atoms with E-state index in [0.717, 1.165) is 23.6 Å². The number of anilines is 1. The highest BCUT2D eigenvalue weighted by Crippen LogP contribution is 2.18. The van der Waals surface area contributed by atoms with Gasteiger partial charge in [-0.1, -0.05) is 0 Å². The lowest BCUT2D eigenvalue weighted by atomic mass is 10.1. The summed E-state index contributed by atoms with van der Waals surface area (Å²) in [6.45, 7) is 5.19. The van der Waals surface area contributed by atoms with Gasteiger partial charge in [0.25, 0.3) is 0 Å². The first-order valence-electron chi connectivity index (χ1n) is 6.02. The highest BCUT2D eigenvalue weighted by molar-refractivity contribution is 5.49. The molecule has 1 saturated heterocycles. The molecule has 18 heavy (non-hydrogen) atoms. The van der Waals surface area contributed by atoms with Gasteiger partial charge >= 0.3 is 0 Å². The van der Waals surface area contributed by atoms with Crippen LogP contribution < -0.4 is 5.32 Å². The zero-order chi connectivity index (χ0) is 13.3. The van der Waals surface area contributed by atoms with Gasteiger partial charge in [0.2, 0.25) is 0 Å². The summed E-state index contributed by atoms with van der Waals surface area (Å²) in [6, 6.07) is 4.00. The Kier molecular flexibility index (Phi) is 3.50. The molecule has 5 heteroatoms. The van der Waals surface area contributed by atoms with E-state index in [1.165, 1.54) is 0 Å². The highest BCUT2D eigenvalue weighted by Gasteiger charge is 2.29. The molecule has 1 aliphatic rings. The Hall–Kier alpha value is -1.64. The van der Waals surface area contributed by atoms with Gasteiger partial charge in [0, 0.05) is 13.1 Å². The van der Waals surface area contributed by atoms with Gasteiger partial charge in [0.1, 0.15) is 11.9 Å². The van der Waals surface area contributed by atoms with Crippen LogP contribution in [0.1, 0.15) is 16.8 Å². The molecule has 1 aliphatic heterocycles. The zero-order valence-electron chi connectivity index (χ0n) is 10.9. The van der Waals surface area contributed by atoms with E-state index >= 15 is 0 Å². The van der Waals surface area contributed by atoms with Crippen molar-refractivity contribution < 1.29 is 5.11 Å². The van der Waals surface area contributed by atoms with Crippen LogP contribution in [-0.4, -0.2) is 47.3 Å². The summed E-state index contributed by atoms with van der Waals surface area (Å²) >= 11 is 0. The summed E-state index contributed by atoms with van der Waals surface area (Å²) in [5.74, 6) is 0.725. The molecule has 1 aromatic rings. The van der Waals surface area contributed by atoms with E-state index in [0.29, 0.717) is 12.1 Å². The van der Waals surface area contributed by atoms with Gasteiger partial charge in [0.15, 0.2) is 0 Å². The molecule has 0 spiro atoms. The first-order chi connectivity index (χ1) is 8.51. The van der Waals surface area contributed by atoms with Gasteiger partial charge < -0.3 is 15.3 Å². The lowest BCUT2D eigenvalue weighted by Gasteiger charge is -2.17. The molecule has 0 radical (unpaired) electrons. The predicted molar refractivity (Wildman–Crippen MR) is 69.3 cm³/mol. The standard InChI is InChI=1S/C13H18N4O/c1-8-4-13(15-9(2)10(8)5-14)16-11-6-17(3)7-12(11)18/h4,11-12,18H,6-7H2,1-3H3,(H,15,16)/t11-,12-/m1/s1. The third-order valence-corrected chi connectivity index (χ3v) is 3.31. The van der Waals surface area contributed by atoms with Crippen LogP contribution in [0.4, 0.5) is 5.82 Å². The monoisotopic (exact) mass is 246 g/mol. The van der Waals surface area contributed by atoms with Crippen molar-refractivity contribution in [3.63, 3.8) is 0 Å². The van der Waals surface area contributed by atoms with E-state index < -0.39 is 0 Å². The van der Waals surface area contributed by atoms with E-state index in [1.807, 2.05) is 27.0 Å². The molecule has 2 rings (SSSR count). The molecule has 1 fully saturated rings. The van der Waals surface area contributed by atoms with Crippen LogP contribution in [0.3, 0.4) is 0 Å². The molecular weight excluding hydrogens is 228 g/mol. The van der Waals surface area contributed by atoms with Gasteiger partial charge in [-0.05, 0) is 32.5 Å². The molecule has 0 bridgehead atoms. The smallest absolute Gasteiger partial charge is 0.126 e. The third kappa shape index (κ3) is 2.45. The van der Waals surface area contributed by atoms with E-state index in [2.05, 4.69) is 21.3 Å². The minimum Gasteiger partial charge on any atom is -0.390 e. The number of pyridine rings is 1. The van der Waals surface area contributed by atoms with Crippen molar-refractivity contribution in [2.45, 2.75) is 26.0 Å². The van der Waals surface area contributed by atoms with Crippen molar-refractivity contribution in [2.75, 3.05) is 25.5 Å². The number of hydrogen-bond acceptors (Lipinski definition) is 5. The molecule has 2 atom stereocenters. The highest BCUT2D eigenvalue weighted by atomic mass is 16.3. The van der Waals surface area contributed by atoms with Crippen molar-refractivity contribution in [2.24, 2.45) is 0 Å². The number of aromatic nitrogens is 1. The van der Waals surface area contributed by atoms with Crippen molar-refractivity contribution in [3.05, 3.63) is 22.9 Å². The van der Waals surface area contributed by atoms with Crippen LogP contribution in [0, 0.1) is 25.2 Å². The summed E-state index contributed by atoms with van der Waals surface area (Å²) in [5, 5.41) is 22.1. The second kappa shape index (κ2) is 4.92. The number of nitrogens with one attached hydrogen (secondary N) is 1. The number of β-amino-alcohol motifs (C(OH)–C–C–N with tert-alkyl or cyclic N) is 1. The lowest BCUT2D eigenvalue weighted by molar-refractivity contribution is 0.174. The molecule has 1 aromatic heterocycles. The average Bonchev–Trinajstić information content (AvgIpc) is 2.57. The zero-order valence-corrected chi connectivity index (χ0v) is 10.9. The Morgan fingerprint density at radius 1 is 1.50 bits per heavy atom. The quantitative estimate of drug-likeness (QED) is 0.802. The Morgan fingerprint density at radius 3 is 2.72 bits per heavy atom. The van der Waals surface area contributed by atoms with Crippen LogP contribution >= 0.6 is 0 Å². The van der Waals surface area contributed by atoms with Crippen LogP contribution in [0.25, 0.3) is 0 Å². The maximum absolute atomic E-state index is 9.88. The topological polar surface area (TPSA) is 72.2 Å². The minimum atomic E-state index is -0.381. The number of likely N-dealkylation sites (N-methyl/N-ethyl adjacent to an activating group) is 1. The normalized spacial score (nSPS) is 23.9. The van der Waals surface area contributed by atoms with Crippen LogP contribution in [0.15, 0.2) is 6.07 Å². The van der Waals surface area contributed by atoms with Crippen LogP contribution in [0.5, 0.6) is 0 Å². The summed E-state index contributed by atoms with van der Waals surface area (Å²) < 4.78 is 0. The fraction of sp³-hybridized carbons (Fsp3) is 0.538. The second-order valence-electron chi connectivity index (χ2n) is 4.94. The number of likely N-dealkylation sites (tertiary alicyclic amines) is 1. The molecule has 0 amide bonds. The number of nitriles is 1. The molecule has 0 aromatic carbocycles. The van der Waals surface area contributed by atoms with Gasteiger partial charge in [-0.15, -0.1) is 0 Å². The fourth-order valence-corrected chi connectivity index (χ4v) is 2.38. The van der Waals surface area contributed by atoms with Gasteiger partial charge in [-0.3, -0.25) is 0 Å². The van der Waals surface area contributed by atoms with E-state index in [4.69, 9.17) is 5.26 Å². The second-order valence-corrected chi connectivity index (χ2v) is 4.94. The molecule has 5 nitrogen and oxygen atoms in total. The number of hydrogen-bond donors (Lipinski definition) is 2. The summed E-state index contributed by atoms with van der Waals surface area (Å²) in [6.07, 6.45) is -0.381. The minimum absolute atomic E-state index is 0.00534. The summed E-state index contributed by atoms with van der Waals surface area (Å²) in [4.78, 5) is 6.44. The maximum atomic E-state index is 9.88. The molecule has 0 unspecified atom stereocenters. The number of nitrogens with zero attached hydrogens (tertiary/aromatic N) is 3.